The number of anilines is 1. The average Bonchev–Trinajstić information content (AvgIpc) is 2.85. The van der Waals surface area contributed by atoms with Crippen molar-refractivity contribution in [2.24, 2.45) is 11.7 Å². The molecule has 0 heterocycles. The first-order valence-corrected chi connectivity index (χ1v) is 5.72. The lowest BCUT2D eigenvalue weighted by atomic mass is 10.1. The van der Waals surface area contributed by atoms with Crippen LogP contribution in [0.15, 0.2) is 18.2 Å². The van der Waals surface area contributed by atoms with Gasteiger partial charge in [0.2, 0.25) is 0 Å². The molecule has 0 saturated heterocycles. The Morgan fingerprint density at radius 3 is 2.80 bits per heavy atom. The van der Waals surface area contributed by atoms with Gasteiger partial charge in [-0.05, 0) is 30.5 Å². The van der Waals surface area contributed by atoms with Crippen molar-refractivity contribution in [2.75, 3.05) is 5.32 Å². The summed E-state index contributed by atoms with van der Waals surface area (Å²) in [5.74, 6) is 0.736. The van der Waals surface area contributed by atoms with Crippen molar-refractivity contribution in [3.63, 3.8) is 0 Å². The summed E-state index contributed by atoms with van der Waals surface area (Å²) in [7, 11) is 0. The maximum atomic E-state index is 5.90. The predicted molar refractivity (Wildman–Crippen MR) is 68.5 cm³/mol. The molecule has 1 fully saturated rings. The average molecular weight is 241 g/mol. The molecule has 2 rings (SSSR count). The van der Waals surface area contributed by atoms with Gasteiger partial charge in [-0.25, -0.2) is 0 Å². The smallest absolute Gasteiger partial charge is 0.106 e. The molecule has 0 bridgehead atoms. The van der Waals surface area contributed by atoms with Crippen molar-refractivity contribution in [3.8, 4) is 0 Å². The van der Waals surface area contributed by atoms with E-state index in [-0.39, 0.29) is 0 Å². The van der Waals surface area contributed by atoms with Gasteiger partial charge in [-0.3, -0.25) is 0 Å². The van der Waals surface area contributed by atoms with Crippen LogP contribution >= 0.6 is 23.8 Å². The molecule has 0 radical (unpaired) electrons. The molecule has 2 nitrogen and oxygen atoms in total. The molecule has 1 aromatic carbocycles. The molecular weight excluding hydrogens is 228 g/mol. The van der Waals surface area contributed by atoms with Crippen molar-refractivity contribution in [3.05, 3.63) is 28.8 Å². The van der Waals surface area contributed by atoms with E-state index in [2.05, 4.69) is 12.2 Å². The molecule has 1 aromatic rings. The lowest BCUT2D eigenvalue weighted by Gasteiger charge is -2.11. The van der Waals surface area contributed by atoms with E-state index in [1.54, 1.807) is 6.07 Å². The topological polar surface area (TPSA) is 38.0 Å². The van der Waals surface area contributed by atoms with Crippen molar-refractivity contribution < 1.29 is 0 Å². The molecule has 4 heteroatoms. The molecule has 2 unspecified atom stereocenters. The van der Waals surface area contributed by atoms with Crippen LogP contribution in [0.3, 0.4) is 0 Å². The van der Waals surface area contributed by atoms with Gasteiger partial charge in [0.25, 0.3) is 0 Å². The van der Waals surface area contributed by atoms with Gasteiger partial charge in [0.1, 0.15) is 4.99 Å². The van der Waals surface area contributed by atoms with Crippen LogP contribution in [0, 0.1) is 5.92 Å². The molecule has 0 aliphatic heterocycles. The zero-order valence-corrected chi connectivity index (χ0v) is 10.0. The normalized spacial score (nSPS) is 23.6. The Balaban J connectivity index is 2.25. The minimum Gasteiger partial charge on any atom is -0.389 e. The van der Waals surface area contributed by atoms with Gasteiger partial charge in [0, 0.05) is 22.3 Å². The van der Waals surface area contributed by atoms with E-state index >= 15 is 0 Å². The van der Waals surface area contributed by atoms with Gasteiger partial charge < -0.3 is 11.1 Å². The van der Waals surface area contributed by atoms with Crippen LogP contribution < -0.4 is 11.1 Å². The van der Waals surface area contributed by atoms with Crippen LogP contribution in [-0.4, -0.2) is 11.0 Å². The molecule has 1 saturated carbocycles. The number of rotatable bonds is 3. The first-order valence-electron chi connectivity index (χ1n) is 4.94. The minimum absolute atomic E-state index is 0.383. The SMILES string of the molecule is CC1CC1Nc1ccc(Cl)cc1C(N)=S. The third-order valence-corrected chi connectivity index (χ3v) is 3.15. The minimum atomic E-state index is 0.383. The summed E-state index contributed by atoms with van der Waals surface area (Å²) in [5.41, 5.74) is 7.46. The summed E-state index contributed by atoms with van der Waals surface area (Å²) in [6.45, 7) is 2.22. The number of thiocarbonyl (C=S) groups is 1. The number of hydrogen-bond acceptors (Lipinski definition) is 2. The van der Waals surface area contributed by atoms with Gasteiger partial charge in [-0.15, -0.1) is 0 Å². The van der Waals surface area contributed by atoms with Crippen molar-refractivity contribution in [1.82, 2.24) is 0 Å². The fourth-order valence-electron chi connectivity index (χ4n) is 1.57. The van der Waals surface area contributed by atoms with Crippen LogP contribution in [0.2, 0.25) is 5.02 Å². The number of nitrogens with one attached hydrogen (secondary N) is 1. The second kappa shape index (κ2) is 3.99. The number of halogens is 1. The Bertz CT molecular complexity index is 406. The van der Waals surface area contributed by atoms with Crippen LogP contribution in [0.1, 0.15) is 18.9 Å². The summed E-state index contributed by atoms with van der Waals surface area (Å²) < 4.78 is 0. The van der Waals surface area contributed by atoms with Crippen LogP contribution in [-0.2, 0) is 0 Å². The number of hydrogen-bond donors (Lipinski definition) is 2. The highest BCUT2D eigenvalue weighted by Gasteiger charge is 2.32. The molecule has 80 valence electrons. The fourth-order valence-corrected chi connectivity index (χ4v) is 1.91. The third kappa shape index (κ3) is 2.41. The lowest BCUT2D eigenvalue weighted by Crippen LogP contribution is -2.14. The monoisotopic (exact) mass is 240 g/mol. The standard InChI is InChI=1S/C11H13ClN2S/c1-6-4-10(6)14-9-3-2-7(12)5-8(9)11(13)15/h2-3,5-6,10,14H,4H2,1H3,(H2,13,15). The summed E-state index contributed by atoms with van der Waals surface area (Å²) in [4.78, 5) is 0.383. The maximum absolute atomic E-state index is 5.90. The maximum Gasteiger partial charge on any atom is 0.106 e. The van der Waals surface area contributed by atoms with E-state index in [4.69, 9.17) is 29.6 Å². The van der Waals surface area contributed by atoms with E-state index in [0.717, 1.165) is 17.2 Å². The molecule has 0 spiro atoms. The van der Waals surface area contributed by atoms with Crippen molar-refractivity contribution in [2.45, 2.75) is 19.4 Å². The van der Waals surface area contributed by atoms with E-state index in [9.17, 15) is 0 Å². The van der Waals surface area contributed by atoms with E-state index < -0.39 is 0 Å². The fraction of sp³-hybridized carbons (Fsp3) is 0.364. The highest BCUT2D eigenvalue weighted by Crippen LogP contribution is 2.34. The summed E-state index contributed by atoms with van der Waals surface area (Å²) in [6, 6.07) is 6.14. The Morgan fingerprint density at radius 2 is 2.27 bits per heavy atom. The quantitative estimate of drug-likeness (QED) is 0.798. The molecule has 0 aromatic heterocycles. The molecule has 15 heavy (non-hydrogen) atoms. The first kappa shape index (κ1) is 10.7. The highest BCUT2D eigenvalue weighted by atomic mass is 35.5. The molecule has 3 N–H and O–H groups in total. The first-order chi connectivity index (χ1) is 7.08. The molecule has 0 amide bonds. The van der Waals surface area contributed by atoms with Gasteiger partial charge >= 0.3 is 0 Å². The summed E-state index contributed by atoms with van der Waals surface area (Å²) >= 11 is 10.9. The number of nitrogens with two attached hydrogens (primary N) is 1. The predicted octanol–water partition coefficient (Wildman–Crippen LogP) is 2.79. The molecule has 1 aliphatic rings. The lowest BCUT2D eigenvalue weighted by molar-refractivity contribution is 0.929. The van der Waals surface area contributed by atoms with Crippen LogP contribution in [0.4, 0.5) is 5.69 Å². The Morgan fingerprint density at radius 1 is 1.60 bits per heavy atom. The zero-order valence-electron chi connectivity index (χ0n) is 8.46. The van der Waals surface area contributed by atoms with Gasteiger partial charge in [-0.2, -0.15) is 0 Å². The summed E-state index contributed by atoms with van der Waals surface area (Å²) in [5, 5.41) is 4.08. The van der Waals surface area contributed by atoms with E-state index in [1.165, 1.54) is 6.42 Å². The Kier molecular flexibility index (Phi) is 2.85. The molecule has 2 atom stereocenters. The second-order valence-corrected chi connectivity index (χ2v) is 4.89. The number of benzene rings is 1. The zero-order chi connectivity index (χ0) is 11.0. The van der Waals surface area contributed by atoms with Crippen molar-refractivity contribution in [1.29, 1.82) is 0 Å². The van der Waals surface area contributed by atoms with E-state index in [1.807, 2.05) is 12.1 Å². The van der Waals surface area contributed by atoms with Crippen molar-refractivity contribution >= 4 is 34.5 Å². The van der Waals surface area contributed by atoms with E-state index in [0.29, 0.717) is 16.1 Å². The second-order valence-electron chi connectivity index (χ2n) is 4.02. The van der Waals surface area contributed by atoms with Gasteiger partial charge in [0.15, 0.2) is 0 Å². The molecular formula is C11H13ClN2S. The van der Waals surface area contributed by atoms with Gasteiger partial charge in [-0.1, -0.05) is 30.7 Å². The highest BCUT2D eigenvalue weighted by molar-refractivity contribution is 7.80. The Hall–Kier alpha value is -0.800. The molecule has 1 aliphatic carbocycles. The summed E-state index contributed by atoms with van der Waals surface area (Å²) in [6.07, 6.45) is 1.21. The largest absolute Gasteiger partial charge is 0.389 e. The Labute approximate surface area is 99.8 Å². The third-order valence-electron chi connectivity index (χ3n) is 2.70. The van der Waals surface area contributed by atoms with Crippen LogP contribution in [0.25, 0.3) is 0 Å². The van der Waals surface area contributed by atoms with Crippen LogP contribution in [0.5, 0.6) is 0 Å². The van der Waals surface area contributed by atoms with Gasteiger partial charge in [0.05, 0.1) is 0 Å².